The molecule has 0 aliphatic carbocycles. The van der Waals surface area contributed by atoms with Gasteiger partial charge < -0.3 is 24.2 Å². The molecule has 272 valence electrons. The summed E-state index contributed by atoms with van der Waals surface area (Å²) in [6, 6.07) is 20.7. The van der Waals surface area contributed by atoms with Crippen molar-refractivity contribution in [1.29, 1.82) is 0 Å². The summed E-state index contributed by atoms with van der Waals surface area (Å²) in [5.41, 5.74) is 1.86. The van der Waals surface area contributed by atoms with E-state index in [4.69, 9.17) is 14.0 Å². The topological polar surface area (TPSA) is 173 Å². The fourth-order valence-electron chi connectivity index (χ4n) is 5.21. The molecular formula is C38H46CaO10S2. The van der Waals surface area contributed by atoms with Crippen LogP contribution in [0.5, 0.6) is 34.5 Å². The van der Waals surface area contributed by atoms with E-state index in [9.17, 15) is 31.6 Å². The number of aromatic hydroxyl groups is 1. The molecule has 4 aromatic rings. The zero-order valence-corrected chi connectivity index (χ0v) is 33.1. The van der Waals surface area contributed by atoms with Crippen LogP contribution in [0.1, 0.15) is 89.2 Å². The third kappa shape index (κ3) is 17.0. The van der Waals surface area contributed by atoms with Crippen molar-refractivity contribution in [3.63, 3.8) is 0 Å². The van der Waals surface area contributed by atoms with Gasteiger partial charge in [-0.15, -0.1) is 5.75 Å². The van der Waals surface area contributed by atoms with E-state index in [1.807, 2.05) is 6.07 Å². The van der Waals surface area contributed by atoms with E-state index in [2.05, 4.69) is 13.8 Å². The van der Waals surface area contributed by atoms with Crippen molar-refractivity contribution in [1.82, 2.24) is 0 Å². The van der Waals surface area contributed by atoms with Crippen molar-refractivity contribution in [3.05, 3.63) is 96.1 Å². The average molecular weight is 767 g/mol. The maximum absolute atomic E-state index is 11.8. The number of benzene rings is 4. The van der Waals surface area contributed by atoms with Crippen molar-refractivity contribution in [2.75, 3.05) is 0 Å². The van der Waals surface area contributed by atoms with E-state index in [0.29, 0.717) is 11.5 Å². The predicted octanol–water partition coefficient (Wildman–Crippen LogP) is 8.53. The van der Waals surface area contributed by atoms with Gasteiger partial charge in [-0.1, -0.05) is 83.4 Å². The van der Waals surface area contributed by atoms with Gasteiger partial charge in [0.1, 0.15) is 38.9 Å². The van der Waals surface area contributed by atoms with Crippen LogP contribution in [0.25, 0.3) is 0 Å². The Bertz CT molecular complexity index is 1740. The normalized spacial score (nSPS) is 11.2. The molecule has 4 aromatic carbocycles. The molecule has 13 heteroatoms. The minimum absolute atomic E-state index is 0. The number of aryl methyl sites for hydroxylation is 2. The van der Waals surface area contributed by atoms with Gasteiger partial charge in [-0.3, -0.25) is 4.55 Å². The fraction of sp³-hybridized carbons (Fsp3) is 0.368. The second-order valence-corrected chi connectivity index (χ2v) is 14.9. The summed E-state index contributed by atoms with van der Waals surface area (Å²) in [6.45, 7) is 4.34. The Hall–Kier alpha value is -2.84. The van der Waals surface area contributed by atoms with E-state index in [0.717, 1.165) is 55.7 Å². The van der Waals surface area contributed by atoms with Crippen LogP contribution in [0.3, 0.4) is 0 Å². The van der Waals surface area contributed by atoms with Crippen molar-refractivity contribution >= 4 is 58.0 Å². The number of phenols is 1. The van der Waals surface area contributed by atoms with Gasteiger partial charge in [0.15, 0.2) is 0 Å². The number of phenolic OH excluding ortho intramolecular Hbond substituents is 1. The van der Waals surface area contributed by atoms with Crippen LogP contribution in [-0.2, 0) is 33.1 Å². The summed E-state index contributed by atoms with van der Waals surface area (Å²) in [7, 11) is -8.83. The van der Waals surface area contributed by atoms with Crippen molar-refractivity contribution in [2.45, 2.75) is 101 Å². The molecular weight excluding hydrogens is 721 g/mol. The first-order valence-electron chi connectivity index (χ1n) is 16.9. The molecule has 0 amide bonds. The molecule has 2 N–H and O–H groups in total. The minimum atomic E-state index is -4.55. The zero-order valence-electron chi connectivity index (χ0n) is 29.3. The molecule has 10 nitrogen and oxygen atoms in total. The van der Waals surface area contributed by atoms with Crippen LogP contribution in [-0.4, -0.2) is 68.8 Å². The molecule has 0 radical (unpaired) electrons. The quantitative estimate of drug-likeness (QED) is 0.0568. The Balaban J connectivity index is 0.000000347. The van der Waals surface area contributed by atoms with Crippen LogP contribution < -0.4 is 14.6 Å². The van der Waals surface area contributed by atoms with Gasteiger partial charge >= 0.3 is 37.7 Å². The summed E-state index contributed by atoms with van der Waals surface area (Å²) in [6.07, 6.45) is 13.2. The third-order valence-electron chi connectivity index (χ3n) is 7.70. The minimum Gasteiger partial charge on any atom is -0.872 e. The first-order chi connectivity index (χ1) is 23.8. The molecule has 0 saturated heterocycles. The Morgan fingerprint density at radius 2 is 1.06 bits per heavy atom. The van der Waals surface area contributed by atoms with Crippen LogP contribution in [0.2, 0.25) is 0 Å². The molecule has 0 heterocycles. The Morgan fingerprint density at radius 3 is 1.57 bits per heavy atom. The zero-order chi connectivity index (χ0) is 36.6. The molecule has 0 spiro atoms. The van der Waals surface area contributed by atoms with Gasteiger partial charge in [0.05, 0.1) is 9.79 Å². The Kier molecular flexibility index (Phi) is 19.4. The molecule has 0 aromatic heterocycles. The number of rotatable bonds is 18. The number of ether oxygens (including phenoxy) is 2. The molecule has 0 aliphatic rings. The maximum Gasteiger partial charge on any atom is 2.00 e. The van der Waals surface area contributed by atoms with Crippen molar-refractivity contribution in [3.8, 4) is 34.5 Å². The summed E-state index contributed by atoms with van der Waals surface area (Å²) in [5.74, 6) is 1.19. The van der Waals surface area contributed by atoms with Crippen LogP contribution in [0.15, 0.2) is 94.7 Å². The van der Waals surface area contributed by atoms with Gasteiger partial charge in [0.25, 0.3) is 10.1 Å². The average Bonchev–Trinajstić information content (AvgIpc) is 3.04. The first-order valence-corrected chi connectivity index (χ1v) is 19.7. The number of hydrogen-bond acceptors (Lipinski definition) is 9. The van der Waals surface area contributed by atoms with Crippen molar-refractivity contribution < 1.29 is 45.6 Å². The smallest absolute Gasteiger partial charge is 0.872 e. The monoisotopic (exact) mass is 766 g/mol. The summed E-state index contributed by atoms with van der Waals surface area (Å²) >= 11 is 0. The third-order valence-corrected chi connectivity index (χ3v) is 9.38. The van der Waals surface area contributed by atoms with Gasteiger partial charge in [0.2, 0.25) is 0 Å². The molecule has 0 unspecified atom stereocenters. The summed E-state index contributed by atoms with van der Waals surface area (Å²) in [5, 5.41) is 21.7. The Labute approximate surface area is 332 Å². The molecule has 0 fully saturated rings. The second kappa shape index (κ2) is 22.3. The molecule has 0 aliphatic heterocycles. The van der Waals surface area contributed by atoms with Crippen molar-refractivity contribution in [2.24, 2.45) is 0 Å². The van der Waals surface area contributed by atoms with Gasteiger partial charge in [-0.05, 0) is 91.4 Å². The van der Waals surface area contributed by atoms with Gasteiger partial charge in [0, 0.05) is 12.1 Å². The predicted molar refractivity (Wildman–Crippen MR) is 195 cm³/mol. The largest absolute Gasteiger partial charge is 2.00 e. The van der Waals surface area contributed by atoms with Crippen LogP contribution in [0.4, 0.5) is 0 Å². The van der Waals surface area contributed by atoms with Gasteiger partial charge in [-0.25, -0.2) is 8.42 Å². The van der Waals surface area contributed by atoms with Crippen LogP contribution in [0, 0.1) is 0 Å². The number of unbranched alkanes of at least 4 members (excludes halogenated alkanes) is 8. The summed E-state index contributed by atoms with van der Waals surface area (Å²) < 4.78 is 76.0. The molecule has 0 saturated carbocycles. The fourth-order valence-corrected chi connectivity index (χ4v) is 6.23. The van der Waals surface area contributed by atoms with E-state index in [-0.39, 0.29) is 70.5 Å². The Morgan fingerprint density at radius 1 is 0.588 bits per heavy atom. The van der Waals surface area contributed by atoms with E-state index < -0.39 is 20.2 Å². The standard InChI is InChI=1S/2C19H24O5S.Ca/c2*1-2-3-4-5-6-8-15-11-16(20)13-18(12-15)24-17-9-7-10-19(14-17)25(21,22)23;/h2*7,9-14,20H,2-6,8H2,1H3,(H,21,22,23);/q;;+2/p-2. The molecule has 0 bridgehead atoms. The molecule has 51 heavy (non-hydrogen) atoms. The van der Waals surface area contributed by atoms with E-state index in [1.165, 1.54) is 87.1 Å². The number of hydrogen-bond donors (Lipinski definition) is 2. The molecule has 0 atom stereocenters. The van der Waals surface area contributed by atoms with Crippen LogP contribution >= 0.6 is 0 Å². The SMILES string of the molecule is CCCCCCCc1cc(O)cc(Oc2cccc(S(=O)(=O)O)c2)c1.CCCCCCCc1cc([O-])cc(Oc2cccc(S(=O)(=O)[O-])c2)c1.[Ca+2]. The second-order valence-electron chi connectivity index (χ2n) is 12.1. The van der Waals surface area contributed by atoms with E-state index in [1.54, 1.807) is 24.3 Å². The maximum atomic E-state index is 11.8. The van der Waals surface area contributed by atoms with Gasteiger partial charge in [-0.2, -0.15) is 8.42 Å². The van der Waals surface area contributed by atoms with E-state index >= 15 is 0 Å². The first kappa shape index (κ1) is 44.3. The summed E-state index contributed by atoms with van der Waals surface area (Å²) in [4.78, 5) is -0.597. The molecule has 4 rings (SSSR count).